The van der Waals surface area contributed by atoms with Gasteiger partial charge in [0.25, 0.3) is 0 Å². The molecule has 3 aliphatic rings. The molecule has 160 valence electrons. The van der Waals surface area contributed by atoms with E-state index in [1.807, 2.05) is 12.1 Å². The van der Waals surface area contributed by atoms with Gasteiger partial charge in [-0.1, -0.05) is 0 Å². The summed E-state index contributed by atoms with van der Waals surface area (Å²) in [5.74, 6) is 0.954. The molecule has 0 unspecified atom stereocenters. The molecule has 3 heterocycles. The molecule has 2 fully saturated rings. The number of hydrogen-bond donors (Lipinski definition) is 3. The summed E-state index contributed by atoms with van der Waals surface area (Å²) in [6, 6.07) is 7.14. The maximum Gasteiger partial charge on any atom is 0.410 e. The summed E-state index contributed by atoms with van der Waals surface area (Å²) >= 11 is 0. The molecule has 10 heteroatoms. The Bertz CT molecular complexity index is 1060. The zero-order chi connectivity index (χ0) is 20.7. The standard InChI is InChI=1S/C20H25N5O4S/c26-20(25-7-1-2-8-25)29-16-5-3-13(10-16)17-11-19(24-23-17)22-15-4-6-18-14(9-15)12-21-30(18,27)28/h4,6,9,11,13,16,21H,1-3,5,7-8,10,12H2,(H2,22,23,24)/t13-,16+/m0/s1. The highest BCUT2D eigenvalue weighted by molar-refractivity contribution is 7.89. The van der Waals surface area contributed by atoms with E-state index in [9.17, 15) is 13.2 Å². The number of likely N-dealkylation sites (tertiary alicyclic amines) is 1. The summed E-state index contributed by atoms with van der Waals surface area (Å²) in [7, 11) is -3.36. The van der Waals surface area contributed by atoms with Crippen LogP contribution in [0.2, 0.25) is 0 Å². The minimum absolute atomic E-state index is 0.0473. The van der Waals surface area contributed by atoms with Crippen molar-refractivity contribution in [3.8, 4) is 0 Å². The molecule has 1 aromatic heterocycles. The van der Waals surface area contributed by atoms with Crippen LogP contribution in [0.25, 0.3) is 0 Å². The van der Waals surface area contributed by atoms with Crippen molar-refractivity contribution in [2.45, 2.75) is 55.6 Å². The van der Waals surface area contributed by atoms with Crippen LogP contribution in [0.5, 0.6) is 0 Å². The first-order valence-corrected chi connectivity index (χ1v) is 11.9. The molecule has 2 atom stereocenters. The number of carbonyl (C=O) groups is 1. The fraction of sp³-hybridized carbons (Fsp3) is 0.500. The minimum atomic E-state index is -3.36. The van der Waals surface area contributed by atoms with Crippen LogP contribution in [-0.4, -0.2) is 48.8 Å². The highest BCUT2D eigenvalue weighted by atomic mass is 32.2. The van der Waals surface area contributed by atoms with Crippen molar-refractivity contribution in [3.05, 3.63) is 35.5 Å². The predicted molar refractivity (Wildman–Crippen MR) is 110 cm³/mol. The van der Waals surface area contributed by atoms with Crippen LogP contribution in [-0.2, 0) is 21.3 Å². The quantitative estimate of drug-likeness (QED) is 0.685. The van der Waals surface area contributed by atoms with Gasteiger partial charge in [-0.05, 0) is 55.9 Å². The van der Waals surface area contributed by atoms with Gasteiger partial charge in [-0.3, -0.25) is 5.10 Å². The zero-order valence-electron chi connectivity index (χ0n) is 16.6. The predicted octanol–water partition coefficient (Wildman–Crippen LogP) is 2.81. The molecule has 1 saturated carbocycles. The van der Waals surface area contributed by atoms with Crippen LogP contribution >= 0.6 is 0 Å². The van der Waals surface area contributed by atoms with Gasteiger partial charge in [-0.25, -0.2) is 17.9 Å². The van der Waals surface area contributed by atoms with Gasteiger partial charge in [0.1, 0.15) is 6.10 Å². The first-order chi connectivity index (χ1) is 14.5. The number of amides is 1. The molecule has 9 nitrogen and oxygen atoms in total. The SMILES string of the molecule is O=C(O[C@@H]1CC[C@H](c2cc(Nc3ccc4c(c3)CNS4(=O)=O)n[nH]2)C1)N1CCCC1. The lowest BCUT2D eigenvalue weighted by Crippen LogP contribution is -2.31. The average Bonchev–Trinajstić information content (AvgIpc) is 3.49. The second-order valence-electron chi connectivity index (χ2n) is 8.19. The number of ether oxygens (including phenoxy) is 1. The van der Waals surface area contributed by atoms with Crippen LogP contribution in [0, 0.1) is 0 Å². The molecule has 0 radical (unpaired) electrons. The van der Waals surface area contributed by atoms with Gasteiger partial charge in [0.05, 0.1) is 4.90 Å². The maximum atomic E-state index is 12.2. The minimum Gasteiger partial charge on any atom is -0.446 e. The van der Waals surface area contributed by atoms with Crippen molar-refractivity contribution in [2.75, 3.05) is 18.4 Å². The first-order valence-electron chi connectivity index (χ1n) is 10.4. The van der Waals surface area contributed by atoms with E-state index < -0.39 is 10.0 Å². The molecule has 0 spiro atoms. The monoisotopic (exact) mass is 431 g/mol. The van der Waals surface area contributed by atoms with Crippen molar-refractivity contribution in [1.82, 2.24) is 19.8 Å². The fourth-order valence-electron chi connectivity index (χ4n) is 4.51. The molecule has 2 aliphatic heterocycles. The van der Waals surface area contributed by atoms with Gasteiger partial charge in [0.15, 0.2) is 5.82 Å². The molecule has 1 aromatic carbocycles. The average molecular weight is 432 g/mol. The summed E-state index contributed by atoms with van der Waals surface area (Å²) < 4.78 is 31.9. The lowest BCUT2D eigenvalue weighted by atomic mass is 10.0. The van der Waals surface area contributed by atoms with E-state index in [1.54, 1.807) is 17.0 Å². The Hall–Kier alpha value is -2.59. The van der Waals surface area contributed by atoms with E-state index in [-0.39, 0.29) is 18.1 Å². The number of aromatic nitrogens is 2. The summed E-state index contributed by atoms with van der Waals surface area (Å²) in [6.45, 7) is 1.91. The van der Waals surface area contributed by atoms with E-state index in [4.69, 9.17) is 4.74 Å². The Balaban J connectivity index is 1.20. The largest absolute Gasteiger partial charge is 0.446 e. The summed E-state index contributed by atoms with van der Waals surface area (Å²) in [5, 5.41) is 10.7. The molecule has 0 bridgehead atoms. The number of H-pyrrole nitrogens is 1. The van der Waals surface area contributed by atoms with Crippen molar-refractivity contribution in [3.63, 3.8) is 0 Å². The van der Waals surface area contributed by atoms with E-state index >= 15 is 0 Å². The van der Waals surface area contributed by atoms with Crippen LogP contribution in [0.15, 0.2) is 29.2 Å². The number of nitrogens with zero attached hydrogens (tertiary/aromatic N) is 2. The fourth-order valence-corrected chi connectivity index (χ4v) is 5.74. The summed E-state index contributed by atoms with van der Waals surface area (Å²) in [4.78, 5) is 14.3. The molecular formula is C20H25N5O4S. The van der Waals surface area contributed by atoms with E-state index in [0.717, 1.165) is 62.1 Å². The number of hydrogen-bond acceptors (Lipinski definition) is 6. The van der Waals surface area contributed by atoms with Gasteiger partial charge >= 0.3 is 6.09 Å². The normalized spacial score (nSPS) is 24.7. The molecule has 30 heavy (non-hydrogen) atoms. The maximum absolute atomic E-state index is 12.2. The Morgan fingerprint density at radius 2 is 2.03 bits per heavy atom. The number of benzene rings is 1. The second-order valence-corrected chi connectivity index (χ2v) is 9.93. The third-order valence-electron chi connectivity index (χ3n) is 6.13. The molecule has 1 aliphatic carbocycles. The van der Waals surface area contributed by atoms with Gasteiger partial charge in [0, 0.05) is 43.0 Å². The molecule has 1 saturated heterocycles. The number of rotatable bonds is 4. The molecule has 3 N–H and O–H groups in total. The molecular weight excluding hydrogens is 406 g/mol. The molecule has 1 amide bonds. The lowest BCUT2D eigenvalue weighted by Gasteiger charge is -2.19. The second kappa shape index (κ2) is 7.59. The van der Waals surface area contributed by atoms with Gasteiger partial charge in [-0.2, -0.15) is 5.10 Å². The van der Waals surface area contributed by atoms with Crippen LogP contribution < -0.4 is 10.0 Å². The van der Waals surface area contributed by atoms with E-state index in [1.165, 1.54) is 0 Å². The molecule has 5 rings (SSSR count). The number of anilines is 2. The summed E-state index contributed by atoms with van der Waals surface area (Å²) in [6.07, 6.45) is 4.49. The number of aromatic amines is 1. The molecule has 2 aromatic rings. The number of nitrogens with one attached hydrogen (secondary N) is 3. The van der Waals surface area contributed by atoms with Crippen molar-refractivity contribution >= 4 is 27.6 Å². The number of carbonyl (C=O) groups excluding carboxylic acids is 1. The lowest BCUT2D eigenvalue weighted by molar-refractivity contribution is 0.0709. The third-order valence-corrected chi connectivity index (χ3v) is 7.63. The highest BCUT2D eigenvalue weighted by Crippen LogP contribution is 2.36. The van der Waals surface area contributed by atoms with Crippen molar-refractivity contribution < 1.29 is 17.9 Å². The zero-order valence-corrected chi connectivity index (χ0v) is 17.4. The highest BCUT2D eigenvalue weighted by Gasteiger charge is 2.32. The third kappa shape index (κ3) is 3.77. The number of sulfonamides is 1. The first kappa shape index (κ1) is 19.4. The van der Waals surface area contributed by atoms with Gasteiger partial charge in [-0.15, -0.1) is 0 Å². The van der Waals surface area contributed by atoms with Crippen molar-refractivity contribution in [1.29, 1.82) is 0 Å². The van der Waals surface area contributed by atoms with Gasteiger partial charge < -0.3 is 15.0 Å². The van der Waals surface area contributed by atoms with Crippen molar-refractivity contribution in [2.24, 2.45) is 0 Å². The Labute approximate surface area is 175 Å². The van der Waals surface area contributed by atoms with E-state index in [2.05, 4.69) is 20.2 Å². The Morgan fingerprint density at radius 3 is 2.87 bits per heavy atom. The van der Waals surface area contributed by atoms with E-state index in [0.29, 0.717) is 17.3 Å². The van der Waals surface area contributed by atoms with Crippen LogP contribution in [0.4, 0.5) is 16.3 Å². The van der Waals surface area contributed by atoms with Crippen LogP contribution in [0.1, 0.15) is 49.3 Å². The Morgan fingerprint density at radius 1 is 1.20 bits per heavy atom. The number of fused-ring (bicyclic) bond motifs is 1. The Kier molecular flexibility index (Phi) is 4.90. The topological polar surface area (TPSA) is 116 Å². The summed E-state index contributed by atoms with van der Waals surface area (Å²) in [5.41, 5.74) is 2.55. The van der Waals surface area contributed by atoms with Gasteiger partial charge in [0.2, 0.25) is 10.0 Å². The van der Waals surface area contributed by atoms with Crippen LogP contribution in [0.3, 0.4) is 0 Å². The smallest absolute Gasteiger partial charge is 0.410 e.